The molecule has 192 valence electrons. The lowest BCUT2D eigenvalue weighted by atomic mass is 9.89. The molecule has 36 heavy (non-hydrogen) atoms. The highest BCUT2D eigenvalue weighted by Crippen LogP contribution is 2.47. The van der Waals surface area contributed by atoms with Crippen LogP contribution in [0.1, 0.15) is 58.6 Å². The molecule has 0 aliphatic carbocycles. The molecule has 2 aromatic carbocycles. The number of phenols is 2. The molecule has 0 saturated carbocycles. The Labute approximate surface area is 210 Å². The smallest absolute Gasteiger partial charge is 0.208 e. The number of aliphatic hydroxyl groups is 1. The number of ether oxygens (including phenoxy) is 2. The van der Waals surface area contributed by atoms with Crippen molar-refractivity contribution < 1.29 is 29.2 Å². The molecular weight excluding hydrogens is 460 g/mol. The minimum absolute atomic E-state index is 0.00905. The van der Waals surface area contributed by atoms with Crippen LogP contribution >= 0.6 is 0 Å². The molecule has 0 spiro atoms. The predicted molar refractivity (Wildman–Crippen MR) is 140 cm³/mol. The molecule has 2 heterocycles. The second-order valence-corrected chi connectivity index (χ2v) is 10.2. The standard InChI is InChI=1S/C29H34O7/c1-15(2)8-7-13-29(5,33)21-14-18-26(36-21)17(10-9-16(3)4)24(31)23-25(32)22-20(35-27(18)23)12-11-19(30)28(22)34-6/h8-9,11-12,21,30-31,33H,7,10,13-14H2,1-6H3. The molecule has 2 atom stereocenters. The summed E-state index contributed by atoms with van der Waals surface area (Å²) in [4.78, 5) is 13.7. The third-order valence-electron chi connectivity index (χ3n) is 6.80. The van der Waals surface area contributed by atoms with Gasteiger partial charge >= 0.3 is 0 Å². The average molecular weight is 495 g/mol. The van der Waals surface area contributed by atoms with E-state index in [0.29, 0.717) is 42.6 Å². The van der Waals surface area contributed by atoms with Gasteiger partial charge in [-0.3, -0.25) is 4.79 Å². The Hall–Kier alpha value is -3.45. The number of hydrogen-bond acceptors (Lipinski definition) is 7. The first-order valence-corrected chi connectivity index (χ1v) is 12.1. The van der Waals surface area contributed by atoms with Crippen LogP contribution in [0.15, 0.2) is 44.6 Å². The second-order valence-electron chi connectivity index (χ2n) is 10.2. The van der Waals surface area contributed by atoms with Gasteiger partial charge in [-0.15, -0.1) is 0 Å². The molecular formula is C29H34O7. The molecule has 0 saturated heterocycles. The molecule has 0 radical (unpaired) electrons. The van der Waals surface area contributed by atoms with Crippen LogP contribution in [-0.4, -0.2) is 34.1 Å². The molecule has 7 nitrogen and oxygen atoms in total. The van der Waals surface area contributed by atoms with Gasteiger partial charge in [0.15, 0.2) is 11.5 Å². The van der Waals surface area contributed by atoms with Gasteiger partial charge in [0.2, 0.25) is 5.43 Å². The van der Waals surface area contributed by atoms with Crippen molar-refractivity contribution in [2.24, 2.45) is 0 Å². The van der Waals surface area contributed by atoms with Gasteiger partial charge in [-0.2, -0.15) is 0 Å². The van der Waals surface area contributed by atoms with E-state index in [1.807, 2.05) is 33.8 Å². The molecule has 1 aliphatic rings. The first-order valence-electron chi connectivity index (χ1n) is 12.1. The molecule has 3 aromatic rings. The van der Waals surface area contributed by atoms with Crippen molar-refractivity contribution in [2.45, 2.75) is 72.0 Å². The van der Waals surface area contributed by atoms with E-state index in [2.05, 4.69) is 6.08 Å². The largest absolute Gasteiger partial charge is 0.507 e. The van der Waals surface area contributed by atoms with Crippen LogP contribution in [0.25, 0.3) is 21.9 Å². The highest BCUT2D eigenvalue weighted by molar-refractivity contribution is 6.00. The number of methoxy groups -OCH3 is 1. The summed E-state index contributed by atoms with van der Waals surface area (Å²) in [5, 5.41) is 33.0. The van der Waals surface area contributed by atoms with Gasteiger partial charge in [0.25, 0.3) is 0 Å². The van der Waals surface area contributed by atoms with Crippen molar-refractivity contribution in [3.63, 3.8) is 0 Å². The van der Waals surface area contributed by atoms with Crippen LogP contribution in [0.4, 0.5) is 0 Å². The van der Waals surface area contributed by atoms with E-state index < -0.39 is 17.1 Å². The SMILES string of the molecule is COc1c(O)ccc2oc3c4c(c(CC=C(C)C)c(O)c3c(=O)c12)OC(C(C)(O)CCC=C(C)C)C4. The summed E-state index contributed by atoms with van der Waals surface area (Å²) < 4.78 is 17.8. The van der Waals surface area contributed by atoms with Gasteiger partial charge in [0, 0.05) is 17.5 Å². The monoisotopic (exact) mass is 494 g/mol. The van der Waals surface area contributed by atoms with Crippen LogP contribution in [0.5, 0.6) is 23.0 Å². The van der Waals surface area contributed by atoms with Crippen molar-refractivity contribution in [2.75, 3.05) is 7.11 Å². The number of allylic oxidation sites excluding steroid dienone is 4. The number of phenolic OH excluding ortho intramolecular Hbond substituents is 2. The van der Waals surface area contributed by atoms with Gasteiger partial charge in [-0.1, -0.05) is 23.3 Å². The Bertz CT molecular complexity index is 1450. The maximum Gasteiger partial charge on any atom is 0.208 e. The van der Waals surface area contributed by atoms with E-state index in [9.17, 15) is 20.1 Å². The van der Waals surface area contributed by atoms with Crippen LogP contribution in [0.2, 0.25) is 0 Å². The van der Waals surface area contributed by atoms with Gasteiger partial charge in [0.1, 0.15) is 39.5 Å². The van der Waals surface area contributed by atoms with Gasteiger partial charge in [-0.25, -0.2) is 0 Å². The van der Waals surface area contributed by atoms with Gasteiger partial charge in [0.05, 0.1) is 12.7 Å². The van der Waals surface area contributed by atoms with E-state index in [1.54, 1.807) is 6.92 Å². The number of benzene rings is 2. The van der Waals surface area contributed by atoms with Crippen molar-refractivity contribution in [1.82, 2.24) is 0 Å². The fourth-order valence-corrected chi connectivity index (χ4v) is 4.77. The maximum atomic E-state index is 13.7. The fraction of sp³-hybridized carbons (Fsp3) is 0.414. The summed E-state index contributed by atoms with van der Waals surface area (Å²) in [5.74, 6) is 0.00784. The van der Waals surface area contributed by atoms with E-state index >= 15 is 0 Å². The minimum Gasteiger partial charge on any atom is -0.507 e. The van der Waals surface area contributed by atoms with Crippen LogP contribution < -0.4 is 14.9 Å². The molecule has 1 aromatic heterocycles. The number of aromatic hydroxyl groups is 2. The highest BCUT2D eigenvalue weighted by atomic mass is 16.5. The van der Waals surface area contributed by atoms with E-state index in [1.165, 1.54) is 24.8 Å². The lowest BCUT2D eigenvalue weighted by molar-refractivity contribution is -0.0435. The molecule has 2 unspecified atom stereocenters. The summed E-state index contributed by atoms with van der Waals surface area (Å²) in [6, 6.07) is 2.89. The number of hydrogen-bond donors (Lipinski definition) is 3. The minimum atomic E-state index is -1.15. The third kappa shape index (κ3) is 4.44. The number of fused-ring (bicyclic) bond motifs is 4. The Kier molecular flexibility index (Phi) is 6.80. The average Bonchev–Trinajstić information content (AvgIpc) is 3.25. The van der Waals surface area contributed by atoms with E-state index in [4.69, 9.17) is 13.9 Å². The summed E-state index contributed by atoms with van der Waals surface area (Å²) in [6.07, 6.45) is 5.29. The molecule has 1 aliphatic heterocycles. The quantitative estimate of drug-likeness (QED) is 0.286. The van der Waals surface area contributed by atoms with Crippen LogP contribution in [0, 0.1) is 0 Å². The molecule has 0 fully saturated rings. The van der Waals surface area contributed by atoms with Crippen molar-refractivity contribution >= 4 is 21.9 Å². The van der Waals surface area contributed by atoms with E-state index in [-0.39, 0.29) is 39.2 Å². The second kappa shape index (κ2) is 9.54. The van der Waals surface area contributed by atoms with Gasteiger partial charge < -0.3 is 29.2 Å². The molecule has 4 rings (SSSR count). The van der Waals surface area contributed by atoms with E-state index in [0.717, 1.165) is 5.57 Å². The Morgan fingerprint density at radius 3 is 2.47 bits per heavy atom. The Morgan fingerprint density at radius 1 is 1.14 bits per heavy atom. The van der Waals surface area contributed by atoms with Crippen molar-refractivity contribution in [3.05, 3.63) is 56.8 Å². The zero-order valence-electron chi connectivity index (χ0n) is 21.7. The Morgan fingerprint density at radius 2 is 1.83 bits per heavy atom. The normalized spacial score (nSPS) is 16.4. The zero-order chi connectivity index (χ0) is 26.4. The topological polar surface area (TPSA) is 109 Å². The highest BCUT2D eigenvalue weighted by Gasteiger charge is 2.41. The molecule has 7 heteroatoms. The van der Waals surface area contributed by atoms with Crippen LogP contribution in [0.3, 0.4) is 0 Å². The number of rotatable bonds is 7. The van der Waals surface area contributed by atoms with Gasteiger partial charge in [-0.05, 0) is 66.0 Å². The predicted octanol–water partition coefficient (Wildman–Crippen LogP) is 5.68. The summed E-state index contributed by atoms with van der Waals surface area (Å²) in [7, 11) is 1.36. The lowest BCUT2D eigenvalue weighted by Crippen LogP contribution is -2.42. The van der Waals surface area contributed by atoms with Crippen molar-refractivity contribution in [3.8, 4) is 23.0 Å². The summed E-state index contributed by atoms with van der Waals surface area (Å²) >= 11 is 0. The molecule has 0 amide bonds. The summed E-state index contributed by atoms with van der Waals surface area (Å²) in [5.41, 5.74) is 2.12. The zero-order valence-corrected chi connectivity index (χ0v) is 21.7. The van der Waals surface area contributed by atoms with Crippen molar-refractivity contribution in [1.29, 1.82) is 0 Å². The molecule has 3 N–H and O–H groups in total. The summed E-state index contributed by atoms with van der Waals surface area (Å²) in [6.45, 7) is 9.68. The maximum absolute atomic E-state index is 13.7. The first kappa shape index (κ1) is 25.6. The first-order chi connectivity index (χ1) is 17.0. The van der Waals surface area contributed by atoms with Crippen LogP contribution in [-0.2, 0) is 12.8 Å². The lowest BCUT2D eigenvalue weighted by Gasteiger charge is -2.29. The molecule has 0 bridgehead atoms. The Balaban J connectivity index is 1.96. The fourth-order valence-electron chi connectivity index (χ4n) is 4.77. The third-order valence-corrected chi connectivity index (χ3v) is 6.80.